The normalized spacial score (nSPS) is 11.8. The van der Waals surface area contributed by atoms with Crippen LogP contribution in [-0.2, 0) is 21.4 Å². The van der Waals surface area contributed by atoms with Crippen molar-refractivity contribution in [3.8, 4) is 0 Å². The van der Waals surface area contributed by atoms with E-state index in [1.807, 2.05) is 18.2 Å². The van der Waals surface area contributed by atoms with Crippen molar-refractivity contribution in [1.82, 2.24) is 10.0 Å². The first-order valence-corrected chi connectivity index (χ1v) is 9.96. The molecule has 1 amide bonds. The minimum atomic E-state index is -3.56. The van der Waals surface area contributed by atoms with Gasteiger partial charge in [0, 0.05) is 23.7 Å². The maximum absolute atomic E-state index is 12.2. The van der Waals surface area contributed by atoms with Crippen molar-refractivity contribution in [3.63, 3.8) is 0 Å². The average molecular weight is 393 g/mol. The Hall–Kier alpha value is -2.15. The van der Waals surface area contributed by atoms with Gasteiger partial charge in [-0.15, -0.1) is 0 Å². The first-order chi connectivity index (χ1) is 12.3. The van der Waals surface area contributed by atoms with E-state index in [1.165, 1.54) is 12.1 Å². The van der Waals surface area contributed by atoms with Crippen LogP contribution < -0.4 is 10.0 Å². The molecule has 0 fully saturated rings. The van der Waals surface area contributed by atoms with Crippen LogP contribution in [0.1, 0.15) is 25.0 Å². The van der Waals surface area contributed by atoms with Gasteiger partial charge >= 0.3 is 0 Å². The number of nitrogens with one attached hydrogen (secondary N) is 2. The van der Waals surface area contributed by atoms with Crippen LogP contribution in [0.4, 0.5) is 0 Å². The third-order valence-corrected chi connectivity index (χ3v) is 5.39. The number of hydrogen-bond donors (Lipinski definition) is 2. The lowest BCUT2D eigenvalue weighted by Crippen LogP contribution is -2.30. The number of sulfonamides is 1. The van der Waals surface area contributed by atoms with Crippen molar-refractivity contribution in [2.45, 2.75) is 31.3 Å². The average Bonchev–Trinajstić information content (AvgIpc) is 2.58. The molecule has 0 radical (unpaired) electrons. The van der Waals surface area contributed by atoms with Crippen LogP contribution in [0.2, 0.25) is 5.02 Å². The summed E-state index contributed by atoms with van der Waals surface area (Å²) in [6, 6.07) is 13.5. The van der Waals surface area contributed by atoms with E-state index in [0.29, 0.717) is 10.6 Å². The summed E-state index contributed by atoms with van der Waals surface area (Å²) >= 11 is 6.03. The van der Waals surface area contributed by atoms with Crippen LogP contribution in [0, 0.1) is 0 Å². The SMILES string of the molecule is CC(C)NS(=O)(=O)c1cccc(CNC(=O)/C=C/c2ccccc2Cl)c1. The summed E-state index contributed by atoms with van der Waals surface area (Å²) in [6.45, 7) is 3.73. The Kier molecular flexibility index (Phi) is 6.97. The monoisotopic (exact) mass is 392 g/mol. The van der Waals surface area contributed by atoms with Gasteiger partial charge in [0.15, 0.2) is 0 Å². The molecule has 0 aliphatic heterocycles. The lowest BCUT2D eigenvalue weighted by atomic mass is 10.2. The van der Waals surface area contributed by atoms with Crippen LogP contribution in [-0.4, -0.2) is 20.4 Å². The molecule has 2 aromatic carbocycles. The van der Waals surface area contributed by atoms with E-state index >= 15 is 0 Å². The van der Waals surface area contributed by atoms with Crippen LogP contribution in [0.15, 0.2) is 59.5 Å². The van der Waals surface area contributed by atoms with Gasteiger partial charge in [0.25, 0.3) is 0 Å². The first-order valence-electron chi connectivity index (χ1n) is 8.09. The van der Waals surface area contributed by atoms with Gasteiger partial charge < -0.3 is 5.32 Å². The van der Waals surface area contributed by atoms with Crippen molar-refractivity contribution in [1.29, 1.82) is 0 Å². The summed E-state index contributed by atoms with van der Waals surface area (Å²) in [7, 11) is -3.56. The Morgan fingerprint density at radius 3 is 2.58 bits per heavy atom. The van der Waals surface area contributed by atoms with E-state index in [2.05, 4.69) is 10.0 Å². The maximum atomic E-state index is 12.2. The van der Waals surface area contributed by atoms with E-state index in [4.69, 9.17) is 11.6 Å². The fraction of sp³-hybridized carbons (Fsp3) is 0.211. The third kappa shape index (κ3) is 5.98. The highest BCUT2D eigenvalue weighted by molar-refractivity contribution is 7.89. The van der Waals surface area contributed by atoms with Gasteiger partial charge in [-0.3, -0.25) is 4.79 Å². The predicted octanol–water partition coefficient (Wildman–Crippen LogP) is 3.36. The number of amides is 1. The highest BCUT2D eigenvalue weighted by Gasteiger charge is 2.15. The summed E-state index contributed by atoms with van der Waals surface area (Å²) in [6.07, 6.45) is 3.02. The van der Waals surface area contributed by atoms with Gasteiger partial charge in [0.2, 0.25) is 15.9 Å². The van der Waals surface area contributed by atoms with E-state index in [0.717, 1.165) is 5.56 Å². The van der Waals surface area contributed by atoms with E-state index < -0.39 is 10.0 Å². The molecule has 7 heteroatoms. The summed E-state index contributed by atoms with van der Waals surface area (Å²) in [5, 5.41) is 3.29. The molecular weight excluding hydrogens is 372 g/mol. The largest absolute Gasteiger partial charge is 0.348 e. The first kappa shape index (κ1) is 20.2. The Bertz CT molecular complexity index is 909. The van der Waals surface area contributed by atoms with E-state index in [-0.39, 0.29) is 23.4 Å². The maximum Gasteiger partial charge on any atom is 0.244 e. The fourth-order valence-corrected chi connectivity index (χ4v) is 3.74. The highest BCUT2D eigenvalue weighted by atomic mass is 35.5. The van der Waals surface area contributed by atoms with Gasteiger partial charge in [-0.2, -0.15) is 0 Å². The van der Waals surface area contributed by atoms with Gasteiger partial charge in [0.05, 0.1) is 4.90 Å². The summed E-state index contributed by atoms with van der Waals surface area (Å²) in [4.78, 5) is 12.1. The lowest BCUT2D eigenvalue weighted by molar-refractivity contribution is -0.116. The molecule has 0 aliphatic carbocycles. The second kappa shape index (κ2) is 8.98. The van der Waals surface area contributed by atoms with Crippen molar-refractivity contribution in [2.24, 2.45) is 0 Å². The molecule has 0 unspecified atom stereocenters. The molecule has 0 aliphatic rings. The molecular formula is C19H21ClN2O3S. The van der Waals surface area contributed by atoms with Crippen LogP contribution in [0.5, 0.6) is 0 Å². The van der Waals surface area contributed by atoms with Crippen molar-refractivity contribution in [2.75, 3.05) is 0 Å². The van der Waals surface area contributed by atoms with E-state index in [9.17, 15) is 13.2 Å². The topological polar surface area (TPSA) is 75.3 Å². The van der Waals surface area contributed by atoms with Gasteiger partial charge in [-0.05, 0) is 49.2 Å². The van der Waals surface area contributed by atoms with Crippen molar-refractivity contribution >= 4 is 33.6 Å². The Balaban J connectivity index is 2.00. The Morgan fingerprint density at radius 1 is 1.15 bits per heavy atom. The molecule has 2 rings (SSSR count). The minimum absolute atomic E-state index is 0.171. The standard InChI is InChI=1S/C19H21ClN2O3S/c1-14(2)22-26(24,25)17-8-5-6-15(12-17)13-21-19(23)11-10-16-7-3-4-9-18(16)20/h3-12,14,22H,13H2,1-2H3,(H,21,23)/b11-10+. The van der Waals surface area contributed by atoms with Gasteiger partial charge in [-0.1, -0.05) is 41.9 Å². The number of carbonyl (C=O) groups excluding carboxylic acids is 1. The summed E-state index contributed by atoms with van der Waals surface area (Å²) < 4.78 is 26.9. The second-order valence-electron chi connectivity index (χ2n) is 6.00. The molecule has 0 atom stereocenters. The smallest absolute Gasteiger partial charge is 0.244 e. The van der Waals surface area contributed by atoms with E-state index in [1.54, 1.807) is 44.2 Å². The molecule has 0 bridgehead atoms. The molecule has 2 N–H and O–H groups in total. The third-order valence-electron chi connectivity index (χ3n) is 3.39. The zero-order chi connectivity index (χ0) is 19.2. The number of carbonyl (C=O) groups is 1. The molecule has 0 saturated carbocycles. The molecule has 26 heavy (non-hydrogen) atoms. The van der Waals surface area contributed by atoms with Crippen LogP contribution in [0.3, 0.4) is 0 Å². The quantitative estimate of drug-likeness (QED) is 0.709. The summed E-state index contributed by atoms with van der Waals surface area (Å²) in [5.41, 5.74) is 1.44. The predicted molar refractivity (Wildman–Crippen MR) is 104 cm³/mol. The Morgan fingerprint density at radius 2 is 1.88 bits per heavy atom. The zero-order valence-corrected chi connectivity index (χ0v) is 16.1. The number of hydrogen-bond acceptors (Lipinski definition) is 3. The van der Waals surface area contributed by atoms with Crippen LogP contribution >= 0.6 is 11.6 Å². The number of halogens is 1. The Labute approximate surface area is 159 Å². The number of rotatable bonds is 7. The minimum Gasteiger partial charge on any atom is -0.348 e. The molecule has 0 aromatic heterocycles. The molecule has 0 spiro atoms. The lowest BCUT2D eigenvalue weighted by Gasteiger charge is -2.11. The fourth-order valence-electron chi connectivity index (χ4n) is 2.22. The van der Waals surface area contributed by atoms with Crippen LogP contribution in [0.25, 0.3) is 6.08 Å². The molecule has 0 saturated heterocycles. The highest BCUT2D eigenvalue weighted by Crippen LogP contribution is 2.16. The molecule has 138 valence electrons. The summed E-state index contributed by atoms with van der Waals surface area (Å²) in [5.74, 6) is -0.293. The number of benzene rings is 2. The molecule has 5 nitrogen and oxygen atoms in total. The van der Waals surface area contributed by atoms with Gasteiger partial charge in [-0.25, -0.2) is 13.1 Å². The van der Waals surface area contributed by atoms with Crippen molar-refractivity contribution in [3.05, 3.63) is 70.8 Å². The van der Waals surface area contributed by atoms with Gasteiger partial charge in [0.1, 0.15) is 0 Å². The van der Waals surface area contributed by atoms with Crippen molar-refractivity contribution < 1.29 is 13.2 Å². The second-order valence-corrected chi connectivity index (χ2v) is 8.12. The zero-order valence-electron chi connectivity index (χ0n) is 14.6. The molecule has 0 heterocycles. The molecule has 2 aromatic rings.